The molecule has 0 saturated heterocycles. The topological polar surface area (TPSA) is 75.6 Å². The van der Waals surface area contributed by atoms with Gasteiger partial charge in [-0.05, 0) is 44.0 Å². The first-order valence-corrected chi connectivity index (χ1v) is 7.80. The lowest BCUT2D eigenvalue weighted by Crippen LogP contribution is -2.31. The van der Waals surface area contributed by atoms with Crippen LogP contribution in [-0.4, -0.2) is 32.8 Å². The maximum Gasteiger partial charge on any atom is 0.240 e. The molecule has 0 radical (unpaired) electrons. The van der Waals surface area contributed by atoms with Crippen LogP contribution in [0.25, 0.3) is 0 Å². The highest BCUT2D eigenvalue weighted by atomic mass is 32.2. The number of nitrogens with one attached hydrogen (secondary N) is 1. The normalized spacial score (nSPS) is 13.3. The van der Waals surface area contributed by atoms with E-state index in [1.54, 1.807) is 26.0 Å². The van der Waals surface area contributed by atoms with E-state index in [0.29, 0.717) is 18.8 Å². The number of aliphatic hydroxyl groups excluding tert-OH is 1. The van der Waals surface area contributed by atoms with Crippen molar-refractivity contribution < 1.29 is 18.3 Å². The summed E-state index contributed by atoms with van der Waals surface area (Å²) in [6.45, 7) is 6.02. The fourth-order valence-corrected chi connectivity index (χ4v) is 2.70. The molecule has 1 rings (SSSR count). The van der Waals surface area contributed by atoms with Gasteiger partial charge < -0.3 is 9.84 Å². The van der Waals surface area contributed by atoms with E-state index >= 15 is 0 Å². The van der Waals surface area contributed by atoms with E-state index in [-0.39, 0.29) is 11.4 Å². The predicted octanol–water partition coefficient (Wildman–Crippen LogP) is 1.44. The Morgan fingerprint density at radius 1 is 1.37 bits per heavy atom. The molecule has 2 N–H and O–H groups in total. The predicted molar refractivity (Wildman–Crippen MR) is 73.8 cm³/mol. The minimum absolute atomic E-state index is 0.0189. The second-order valence-corrected chi connectivity index (χ2v) is 6.04. The summed E-state index contributed by atoms with van der Waals surface area (Å²) in [4.78, 5) is 0.178. The van der Waals surface area contributed by atoms with Crippen molar-refractivity contribution >= 4 is 10.0 Å². The molecule has 1 aromatic rings. The molecule has 6 heteroatoms. The lowest BCUT2D eigenvalue weighted by Gasteiger charge is -2.12. The number of hydrogen-bond acceptors (Lipinski definition) is 4. The average molecular weight is 287 g/mol. The SMILES string of the molecule is CCOc1ccc(S(=O)(=O)NCC(O)CC)cc1C. The first kappa shape index (κ1) is 15.9. The van der Waals surface area contributed by atoms with Crippen molar-refractivity contribution in [3.05, 3.63) is 23.8 Å². The van der Waals surface area contributed by atoms with Crippen molar-refractivity contribution in [3.8, 4) is 5.75 Å². The van der Waals surface area contributed by atoms with Gasteiger partial charge in [0.15, 0.2) is 0 Å². The van der Waals surface area contributed by atoms with Crippen LogP contribution in [0.2, 0.25) is 0 Å². The highest BCUT2D eigenvalue weighted by molar-refractivity contribution is 7.89. The summed E-state index contributed by atoms with van der Waals surface area (Å²) in [6, 6.07) is 4.70. The Kier molecular flexibility index (Phi) is 5.78. The van der Waals surface area contributed by atoms with Crippen LogP contribution in [0, 0.1) is 6.92 Å². The zero-order valence-electron chi connectivity index (χ0n) is 11.5. The zero-order valence-corrected chi connectivity index (χ0v) is 12.3. The van der Waals surface area contributed by atoms with Crippen molar-refractivity contribution in [2.45, 2.75) is 38.2 Å². The van der Waals surface area contributed by atoms with Crippen LogP contribution in [0.1, 0.15) is 25.8 Å². The Morgan fingerprint density at radius 3 is 2.58 bits per heavy atom. The Balaban J connectivity index is 2.87. The molecule has 1 atom stereocenters. The van der Waals surface area contributed by atoms with Gasteiger partial charge >= 0.3 is 0 Å². The molecule has 108 valence electrons. The van der Waals surface area contributed by atoms with Crippen molar-refractivity contribution in [1.82, 2.24) is 4.72 Å². The number of benzene rings is 1. The minimum Gasteiger partial charge on any atom is -0.494 e. The van der Waals surface area contributed by atoms with Crippen LogP contribution in [0.4, 0.5) is 0 Å². The number of ether oxygens (including phenoxy) is 1. The first-order valence-electron chi connectivity index (χ1n) is 6.31. The summed E-state index contributed by atoms with van der Waals surface area (Å²) in [5, 5.41) is 9.39. The quantitative estimate of drug-likeness (QED) is 0.795. The number of aryl methyl sites for hydroxylation is 1. The van der Waals surface area contributed by atoms with E-state index in [9.17, 15) is 13.5 Å². The molecule has 0 spiro atoms. The summed E-state index contributed by atoms with van der Waals surface area (Å²) in [6.07, 6.45) is -0.163. The van der Waals surface area contributed by atoms with Crippen LogP contribution >= 0.6 is 0 Å². The van der Waals surface area contributed by atoms with E-state index in [0.717, 1.165) is 5.56 Å². The van der Waals surface area contributed by atoms with E-state index in [1.807, 2.05) is 6.92 Å². The number of sulfonamides is 1. The van der Waals surface area contributed by atoms with E-state index in [1.165, 1.54) is 6.07 Å². The Labute approximate surface area is 114 Å². The molecule has 0 bridgehead atoms. The van der Waals surface area contributed by atoms with Gasteiger partial charge in [-0.25, -0.2) is 13.1 Å². The van der Waals surface area contributed by atoms with Crippen molar-refractivity contribution in [3.63, 3.8) is 0 Å². The van der Waals surface area contributed by atoms with E-state index < -0.39 is 16.1 Å². The highest BCUT2D eigenvalue weighted by Crippen LogP contribution is 2.21. The summed E-state index contributed by atoms with van der Waals surface area (Å²) >= 11 is 0. The van der Waals surface area contributed by atoms with Crippen molar-refractivity contribution in [2.24, 2.45) is 0 Å². The molecule has 1 unspecified atom stereocenters. The van der Waals surface area contributed by atoms with Crippen LogP contribution in [0.15, 0.2) is 23.1 Å². The fraction of sp³-hybridized carbons (Fsp3) is 0.538. The monoisotopic (exact) mass is 287 g/mol. The highest BCUT2D eigenvalue weighted by Gasteiger charge is 2.16. The third-order valence-electron chi connectivity index (χ3n) is 2.74. The molecule has 0 fully saturated rings. The molecule has 1 aromatic carbocycles. The molecule has 0 saturated carbocycles. The standard InChI is InChI=1S/C13H21NO4S/c1-4-11(15)9-14-19(16,17)12-6-7-13(18-5-2)10(3)8-12/h6-8,11,14-15H,4-5,9H2,1-3H3. The first-order chi connectivity index (χ1) is 8.90. The molecule has 0 aliphatic carbocycles. The van der Waals surface area contributed by atoms with Gasteiger partial charge in [0.2, 0.25) is 10.0 Å². The van der Waals surface area contributed by atoms with Gasteiger partial charge in [-0.15, -0.1) is 0 Å². The summed E-state index contributed by atoms with van der Waals surface area (Å²) in [5.41, 5.74) is 0.765. The largest absolute Gasteiger partial charge is 0.494 e. The molecule has 0 aliphatic heterocycles. The number of hydrogen-bond donors (Lipinski definition) is 2. The van der Waals surface area contributed by atoms with E-state index in [4.69, 9.17) is 4.74 Å². The number of rotatable bonds is 7. The average Bonchev–Trinajstić information content (AvgIpc) is 2.38. The zero-order chi connectivity index (χ0) is 14.5. The van der Waals surface area contributed by atoms with Gasteiger partial charge in [-0.1, -0.05) is 6.92 Å². The minimum atomic E-state index is -3.59. The van der Waals surface area contributed by atoms with Gasteiger partial charge in [-0.3, -0.25) is 0 Å². The molecule has 5 nitrogen and oxygen atoms in total. The van der Waals surface area contributed by atoms with Gasteiger partial charge in [0.25, 0.3) is 0 Å². The summed E-state index contributed by atoms with van der Waals surface area (Å²) < 4.78 is 31.8. The maximum absolute atomic E-state index is 12.0. The maximum atomic E-state index is 12.0. The van der Waals surface area contributed by atoms with Crippen LogP contribution in [0.5, 0.6) is 5.75 Å². The van der Waals surface area contributed by atoms with Crippen LogP contribution in [-0.2, 0) is 10.0 Å². The Hall–Kier alpha value is -1.11. The molecule has 0 heterocycles. The second kappa shape index (κ2) is 6.88. The Bertz CT molecular complexity index is 513. The smallest absolute Gasteiger partial charge is 0.240 e. The third kappa shape index (κ3) is 4.49. The second-order valence-electron chi connectivity index (χ2n) is 4.27. The molecule has 19 heavy (non-hydrogen) atoms. The van der Waals surface area contributed by atoms with Gasteiger partial charge in [0, 0.05) is 6.54 Å². The fourth-order valence-electron chi connectivity index (χ4n) is 1.54. The van der Waals surface area contributed by atoms with Crippen molar-refractivity contribution in [2.75, 3.05) is 13.2 Å². The third-order valence-corrected chi connectivity index (χ3v) is 4.16. The van der Waals surface area contributed by atoms with E-state index in [2.05, 4.69) is 4.72 Å². The molecule has 0 aliphatic rings. The van der Waals surface area contributed by atoms with Gasteiger partial charge in [0.05, 0.1) is 17.6 Å². The molecular formula is C13H21NO4S. The van der Waals surface area contributed by atoms with Crippen LogP contribution in [0.3, 0.4) is 0 Å². The van der Waals surface area contributed by atoms with Crippen molar-refractivity contribution in [1.29, 1.82) is 0 Å². The van der Waals surface area contributed by atoms with Crippen LogP contribution < -0.4 is 9.46 Å². The molecule has 0 aromatic heterocycles. The molecule has 0 amide bonds. The van der Waals surface area contributed by atoms with Gasteiger partial charge in [0.1, 0.15) is 5.75 Å². The van der Waals surface area contributed by atoms with Gasteiger partial charge in [-0.2, -0.15) is 0 Å². The number of aliphatic hydroxyl groups is 1. The lowest BCUT2D eigenvalue weighted by atomic mass is 10.2. The summed E-state index contributed by atoms with van der Waals surface area (Å²) in [7, 11) is -3.59. The summed E-state index contributed by atoms with van der Waals surface area (Å²) in [5.74, 6) is 0.676. The molecular weight excluding hydrogens is 266 g/mol. The Morgan fingerprint density at radius 2 is 2.05 bits per heavy atom. The lowest BCUT2D eigenvalue weighted by molar-refractivity contribution is 0.174.